The topological polar surface area (TPSA) is 369 Å². The Hall–Kier alpha value is -13.8. The average molecular weight is 1460 g/mol. The molecule has 0 fully saturated rings. The van der Waals surface area contributed by atoms with Crippen molar-refractivity contribution in [2.75, 3.05) is 0 Å². The summed E-state index contributed by atoms with van der Waals surface area (Å²) in [5.41, 5.74) is 4.93. The molecule has 0 N–H and O–H groups in total. The number of benzene rings is 8. The number of hydrogen-bond donors (Lipinski definition) is 0. The maximum absolute atomic E-state index is 7.52. The highest BCUT2D eigenvalue weighted by molar-refractivity contribution is 7.79. The van der Waals surface area contributed by atoms with Gasteiger partial charge in [0, 0.05) is 0 Å². The molecule has 36 nitrogen and oxygen atoms in total. The first-order valence-corrected chi connectivity index (χ1v) is 37.0. The van der Waals surface area contributed by atoms with Gasteiger partial charge in [0.1, 0.15) is 147 Å². The van der Waals surface area contributed by atoms with Crippen molar-refractivity contribution >= 4 is 30.6 Å². The van der Waals surface area contributed by atoms with Crippen molar-refractivity contribution in [2.24, 2.45) is 18.1 Å². The van der Waals surface area contributed by atoms with Crippen molar-refractivity contribution in [3.8, 4) is 91.5 Å². The Morgan fingerprint density at radius 1 is 0.163 bits per heavy atom. The van der Waals surface area contributed by atoms with E-state index in [9.17, 15) is 0 Å². The summed E-state index contributed by atoms with van der Waals surface area (Å²) in [6.45, 7) is 0. The van der Waals surface area contributed by atoms with E-state index in [0.29, 0.717) is 45.5 Å². The van der Waals surface area contributed by atoms with Gasteiger partial charge >= 0.3 is 30.6 Å². The Kier molecular flexibility index (Phi) is 17.0. The molecule has 512 valence electrons. The molecule has 17 rings (SSSR count). The van der Waals surface area contributed by atoms with Crippen molar-refractivity contribution < 1.29 is 36.2 Å². The summed E-state index contributed by atoms with van der Waals surface area (Å²) >= 11 is 0. The summed E-state index contributed by atoms with van der Waals surface area (Å²) in [5, 5.41) is 35.1. The predicted octanol–water partition coefficient (Wildman–Crippen LogP) is 13.1. The number of nitrogens with zero attached hydrogens (tertiary/aromatic N) is 28. The van der Waals surface area contributed by atoms with Crippen LogP contribution in [0.5, 0.6) is 46.0 Å². The molecule has 9 heterocycles. The van der Waals surface area contributed by atoms with Crippen LogP contribution in [0, 0.1) is 0 Å². The minimum atomic E-state index is -4.96. The lowest BCUT2D eigenvalue weighted by molar-refractivity contribution is 0.443. The third-order valence-electron chi connectivity index (χ3n) is 14.9. The summed E-state index contributed by atoms with van der Waals surface area (Å²) in [4.78, 5) is 33.5. The molecule has 0 bridgehead atoms. The first-order valence-electron chi connectivity index (χ1n) is 30.9. The molecule has 0 saturated heterocycles. The largest absolute Gasteiger partial charge is 0.460 e. The van der Waals surface area contributed by atoms with Crippen LogP contribution < -0.4 is 36.2 Å². The second-order valence-electron chi connectivity index (χ2n) is 21.7. The van der Waals surface area contributed by atoms with Crippen molar-refractivity contribution in [1.29, 1.82) is 0 Å². The zero-order valence-electron chi connectivity index (χ0n) is 53.3. The Balaban J connectivity index is 0.991. The molecule has 1 aliphatic heterocycles. The van der Waals surface area contributed by atoms with E-state index in [1.165, 1.54) is 50.6 Å². The fraction of sp³-hybridized carbons (Fsp3) is 0. The minimum absolute atomic E-state index is 0.142. The highest BCUT2D eigenvalue weighted by Gasteiger charge is 2.50. The van der Waals surface area contributed by atoms with Crippen LogP contribution in [0.3, 0.4) is 0 Å². The normalized spacial score (nSPS) is 14.0. The predicted molar refractivity (Wildman–Crippen MR) is 373 cm³/mol. The van der Waals surface area contributed by atoms with Crippen molar-refractivity contribution in [3.63, 3.8) is 0 Å². The molecule has 8 aromatic carbocycles. The van der Waals surface area contributed by atoms with Crippen LogP contribution in [0.1, 0.15) is 0 Å². The Labute approximate surface area is 587 Å². The van der Waals surface area contributed by atoms with Crippen LogP contribution in [0.4, 0.5) is 0 Å². The minimum Gasteiger partial charge on any atom is -0.413 e. The van der Waals surface area contributed by atoms with E-state index >= 15 is 0 Å². The first-order chi connectivity index (χ1) is 51.2. The molecule has 0 saturated carbocycles. The highest BCUT2D eigenvalue weighted by atomic mass is 31.3. The smallest absolute Gasteiger partial charge is 0.413 e. The van der Waals surface area contributed by atoms with Crippen LogP contribution >= 0.6 is 30.6 Å². The highest BCUT2D eigenvalue weighted by Crippen LogP contribution is 2.79. The van der Waals surface area contributed by atoms with Crippen molar-refractivity contribution in [1.82, 2.24) is 118 Å². The molecular weight excluding hydrogens is 1410 g/mol. The molecule has 0 aliphatic carbocycles. The fourth-order valence-corrected chi connectivity index (χ4v) is 22.2. The average Bonchev–Trinajstić information content (AvgIpc) is 0.952. The molecule has 8 aromatic heterocycles. The van der Waals surface area contributed by atoms with Gasteiger partial charge in [0.05, 0.1) is 45.5 Å². The summed E-state index contributed by atoms with van der Waals surface area (Å²) in [6.07, 6.45) is 23.9. The Morgan fingerprint density at radius 2 is 0.279 bits per heavy atom. The van der Waals surface area contributed by atoms with E-state index in [1.54, 1.807) is 282 Å². The van der Waals surface area contributed by atoms with Crippen LogP contribution in [0.25, 0.3) is 45.5 Å². The SMILES string of the molecule is c1ncn(-c2ccc(OP3(Oc4ccc(-n5cncn5)cc4)=NP(Oc4ccc(-n5cncn5)cc4)(Oc4ccc(-n5cncn5)cc4)=NP(Oc4ccc(-n5cncn5)cc4)(Oc4ccc(-n5cncn5)cc4)=NP(Oc4ccc(-n5cncn5)cc4)(Oc4ccc(-n5cncn5)cc4)=N3)cc2)n1. The lowest BCUT2D eigenvalue weighted by Gasteiger charge is -2.33. The van der Waals surface area contributed by atoms with Crippen LogP contribution in [0.15, 0.2) is 313 Å². The van der Waals surface area contributed by atoms with Crippen LogP contribution in [-0.4, -0.2) is 118 Å². The molecular formula is C64H48N28O8P4. The van der Waals surface area contributed by atoms with Gasteiger partial charge in [-0.25, -0.2) is 77.3 Å². The van der Waals surface area contributed by atoms with E-state index in [0.717, 1.165) is 0 Å². The zero-order chi connectivity index (χ0) is 69.6. The first kappa shape index (κ1) is 63.6. The van der Waals surface area contributed by atoms with E-state index in [4.69, 9.17) is 54.3 Å². The van der Waals surface area contributed by atoms with E-state index in [1.807, 2.05) is 0 Å². The van der Waals surface area contributed by atoms with Crippen molar-refractivity contribution in [3.05, 3.63) is 295 Å². The van der Waals surface area contributed by atoms with Crippen LogP contribution in [0.2, 0.25) is 0 Å². The summed E-state index contributed by atoms with van der Waals surface area (Å²) in [7, 11) is -19.8. The summed E-state index contributed by atoms with van der Waals surface area (Å²) in [5.74, 6) is 1.13. The van der Waals surface area contributed by atoms with Gasteiger partial charge in [-0.3, -0.25) is 0 Å². The maximum atomic E-state index is 7.52. The van der Waals surface area contributed by atoms with Crippen LogP contribution in [-0.2, 0) is 0 Å². The van der Waals surface area contributed by atoms with Gasteiger partial charge in [-0.1, -0.05) is 18.1 Å². The molecule has 16 aromatic rings. The zero-order valence-corrected chi connectivity index (χ0v) is 56.9. The maximum Gasteiger partial charge on any atom is 0.460 e. The monoisotopic (exact) mass is 1460 g/mol. The molecule has 0 unspecified atom stereocenters. The third kappa shape index (κ3) is 14.1. The van der Waals surface area contributed by atoms with Gasteiger partial charge in [0.15, 0.2) is 0 Å². The van der Waals surface area contributed by atoms with Gasteiger partial charge in [-0.05, 0) is 194 Å². The fourth-order valence-electron chi connectivity index (χ4n) is 10.1. The van der Waals surface area contributed by atoms with Gasteiger partial charge in [0.25, 0.3) is 0 Å². The number of hydrogen-bond acceptors (Lipinski definition) is 28. The molecule has 0 amide bonds. The number of aromatic nitrogens is 24. The van der Waals surface area contributed by atoms with Crippen molar-refractivity contribution in [2.45, 2.75) is 0 Å². The summed E-state index contributed by atoms with van der Waals surface area (Å²) < 4.78 is 96.1. The van der Waals surface area contributed by atoms with Gasteiger partial charge in [-0.15, -0.1) is 0 Å². The lowest BCUT2D eigenvalue weighted by atomic mass is 10.3. The second-order valence-corrected chi connectivity index (χ2v) is 30.0. The molecule has 1 aliphatic rings. The molecule has 40 heteroatoms. The van der Waals surface area contributed by atoms with Gasteiger partial charge in [-0.2, -0.15) is 40.8 Å². The quantitative estimate of drug-likeness (QED) is 0.0507. The molecule has 104 heavy (non-hydrogen) atoms. The second kappa shape index (κ2) is 27.7. The standard InChI is InChI=1S/C64H48N28O8P4/c1-17-57(18-2-49(1)85-41-65-33-73-85)93-101(94-58-19-3-50(4-20-58)86-42-66-34-74-86)81-102(95-59-21-5-51(6-22-59)87-43-67-35-75-87,96-60-23-7-52(8-24-60)88-44-68-36-76-88)83-104(99-63-29-13-55(14-30-63)91-47-71-39-79-91,100-64-31-15-56(16-32-64)92-48-72-40-80-92)84-103(82-101,97-61-25-9-53(10-26-61)89-45-69-37-77-89)98-62-27-11-54(12-28-62)90-46-70-38-78-90/h1-48H. The molecule has 0 atom stereocenters. The Bertz CT molecular complexity index is 4660. The van der Waals surface area contributed by atoms with E-state index < -0.39 is 30.6 Å². The Morgan fingerprint density at radius 3 is 0.375 bits per heavy atom. The van der Waals surface area contributed by atoms with Gasteiger partial charge < -0.3 is 36.2 Å². The number of rotatable bonds is 24. The summed E-state index contributed by atoms with van der Waals surface area (Å²) in [6, 6.07) is 55.2. The third-order valence-corrected chi connectivity index (χ3v) is 25.7. The lowest BCUT2D eigenvalue weighted by Crippen LogP contribution is -2.11. The van der Waals surface area contributed by atoms with E-state index in [2.05, 4.69) is 80.7 Å². The van der Waals surface area contributed by atoms with E-state index in [-0.39, 0.29) is 46.0 Å². The van der Waals surface area contributed by atoms with Gasteiger partial charge in [0.2, 0.25) is 0 Å². The molecule has 0 radical (unpaired) electrons. The molecule has 0 spiro atoms.